The highest BCUT2D eigenvalue weighted by atomic mass is 16.5. The summed E-state index contributed by atoms with van der Waals surface area (Å²) in [6, 6.07) is 11.4. The molecule has 2 atom stereocenters. The summed E-state index contributed by atoms with van der Waals surface area (Å²) < 4.78 is 5.63. The zero-order valence-electron chi connectivity index (χ0n) is 10.8. The van der Waals surface area contributed by atoms with Crippen LogP contribution in [-0.4, -0.2) is 25.3 Å². The lowest BCUT2D eigenvalue weighted by atomic mass is 10.1. The summed E-state index contributed by atoms with van der Waals surface area (Å²) >= 11 is 0. The lowest BCUT2D eigenvalue weighted by molar-refractivity contribution is -0.691. The van der Waals surface area contributed by atoms with Crippen molar-refractivity contribution < 1.29 is 10.1 Å². The minimum absolute atomic E-state index is 0.508. The maximum absolute atomic E-state index is 5.63. The summed E-state index contributed by atoms with van der Waals surface area (Å²) in [6.45, 7) is 4.42. The fraction of sp³-hybridized carbons (Fsp3) is 0.600. The molecule has 94 valence electrons. The fourth-order valence-corrected chi connectivity index (χ4v) is 2.37. The molecular weight excluding hydrogens is 210 g/mol. The minimum atomic E-state index is 0.508. The third-order valence-electron chi connectivity index (χ3n) is 3.56. The van der Waals surface area contributed by atoms with Gasteiger partial charge in [-0.1, -0.05) is 30.3 Å². The Balaban J connectivity index is 1.62. The van der Waals surface area contributed by atoms with Crippen molar-refractivity contribution in [3.8, 4) is 0 Å². The van der Waals surface area contributed by atoms with Gasteiger partial charge in [0.25, 0.3) is 0 Å². The number of nitrogens with two attached hydrogens (primary N) is 1. The topological polar surface area (TPSA) is 25.8 Å². The van der Waals surface area contributed by atoms with E-state index in [2.05, 4.69) is 42.6 Å². The second-order valence-corrected chi connectivity index (χ2v) is 5.11. The molecule has 2 heteroatoms. The van der Waals surface area contributed by atoms with Crippen molar-refractivity contribution in [2.45, 2.75) is 44.8 Å². The molecule has 1 aliphatic rings. The average Bonchev–Trinajstić information content (AvgIpc) is 2.88. The number of hydrogen-bond acceptors (Lipinski definition) is 1. The van der Waals surface area contributed by atoms with Crippen molar-refractivity contribution in [3.05, 3.63) is 35.9 Å². The van der Waals surface area contributed by atoms with E-state index in [1.54, 1.807) is 0 Å². The van der Waals surface area contributed by atoms with Crippen molar-refractivity contribution >= 4 is 0 Å². The summed E-state index contributed by atoms with van der Waals surface area (Å²) in [7, 11) is 0. The standard InChI is InChI=1S/C15H23NO/c1-13(16-12-15-8-5-11-17-15)9-10-14-6-3-2-4-7-14/h2-4,6-7,13,15-16H,5,8-12H2,1H3/p+1/t13-,15-/m0/s1. The molecule has 1 heterocycles. The summed E-state index contributed by atoms with van der Waals surface area (Å²) in [5.74, 6) is 0. The largest absolute Gasteiger partial charge is 0.372 e. The number of quaternary nitrogens is 1. The maximum atomic E-state index is 5.63. The highest BCUT2D eigenvalue weighted by Crippen LogP contribution is 2.09. The van der Waals surface area contributed by atoms with E-state index in [1.807, 2.05) is 0 Å². The first-order chi connectivity index (χ1) is 8.34. The highest BCUT2D eigenvalue weighted by Gasteiger charge is 2.18. The third-order valence-corrected chi connectivity index (χ3v) is 3.56. The van der Waals surface area contributed by atoms with E-state index in [1.165, 1.54) is 31.2 Å². The van der Waals surface area contributed by atoms with Crippen LogP contribution in [0.4, 0.5) is 0 Å². The Morgan fingerprint density at radius 2 is 2.18 bits per heavy atom. The molecule has 0 spiro atoms. The summed E-state index contributed by atoms with van der Waals surface area (Å²) in [4.78, 5) is 0. The molecule has 0 unspecified atom stereocenters. The zero-order chi connectivity index (χ0) is 11.9. The molecule has 1 aromatic rings. The fourth-order valence-electron chi connectivity index (χ4n) is 2.37. The van der Waals surface area contributed by atoms with E-state index >= 15 is 0 Å². The van der Waals surface area contributed by atoms with Crippen LogP contribution >= 0.6 is 0 Å². The summed E-state index contributed by atoms with van der Waals surface area (Å²) in [6.07, 6.45) is 5.44. The van der Waals surface area contributed by atoms with Crippen LogP contribution in [0.1, 0.15) is 31.7 Å². The zero-order valence-corrected chi connectivity index (χ0v) is 10.8. The minimum Gasteiger partial charge on any atom is -0.372 e. The van der Waals surface area contributed by atoms with Crippen molar-refractivity contribution in [2.75, 3.05) is 13.2 Å². The number of benzene rings is 1. The van der Waals surface area contributed by atoms with Crippen LogP contribution in [0.3, 0.4) is 0 Å². The molecule has 17 heavy (non-hydrogen) atoms. The van der Waals surface area contributed by atoms with E-state index in [-0.39, 0.29) is 0 Å². The van der Waals surface area contributed by atoms with Gasteiger partial charge in [0.2, 0.25) is 0 Å². The van der Waals surface area contributed by atoms with E-state index in [0.29, 0.717) is 12.1 Å². The number of ether oxygens (including phenoxy) is 1. The van der Waals surface area contributed by atoms with Gasteiger partial charge in [0.05, 0.1) is 6.04 Å². The normalized spacial score (nSPS) is 21.6. The van der Waals surface area contributed by atoms with Crippen molar-refractivity contribution in [1.82, 2.24) is 0 Å². The van der Waals surface area contributed by atoms with Gasteiger partial charge in [-0.25, -0.2) is 0 Å². The predicted octanol–water partition coefficient (Wildman–Crippen LogP) is 1.75. The average molecular weight is 234 g/mol. The molecule has 1 saturated heterocycles. The molecule has 0 amide bonds. The van der Waals surface area contributed by atoms with E-state index < -0.39 is 0 Å². The van der Waals surface area contributed by atoms with Crippen LogP contribution in [0.25, 0.3) is 0 Å². The first-order valence-electron chi connectivity index (χ1n) is 6.83. The molecular formula is C15H24NO+. The van der Waals surface area contributed by atoms with Gasteiger partial charge in [0.15, 0.2) is 0 Å². The molecule has 0 bridgehead atoms. The quantitative estimate of drug-likeness (QED) is 0.797. The van der Waals surface area contributed by atoms with Gasteiger partial charge >= 0.3 is 0 Å². The van der Waals surface area contributed by atoms with Gasteiger partial charge in [0.1, 0.15) is 12.6 Å². The molecule has 0 saturated carbocycles. The van der Waals surface area contributed by atoms with E-state index in [4.69, 9.17) is 4.74 Å². The Hall–Kier alpha value is -0.860. The van der Waals surface area contributed by atoms with Gasteiger partial charge in [-0.05, 0) is 31.7 Å². The van der Waals surface area contributed by atoms with Crippen LogP contribution in [0.15, 0.2) is 30.3 Å². The molecule has 0 aliphatic carbocycles. The van der Waals surface area contributed by atoms with Gasteiger partial charge in [0, 0.05) is 13.0 Å². The molecule has 2 rings (SSSR count). The first-order valence-corrected chi connectivity index (χ1v) is 6.83. The van der Waals surface area contributed by atoms with Crippen molar-refractivity contribution in [2.24, 2.45) is 0 Å². The molecule has 0 aromatic heterocycles. The Bertz CT molecular complexity index is 306. The SMILES string of the molecule is C[C@@H](CCc1ccccc1)[NH2+]C[C@@H]1CCCO1. The lowest BCUT2D eigenvalue weighted by Crippen LogP contribution is -2.91. The number of aryl methyl sites for hydroxylation is 1. The van der Waals surface area contributed by atoms with Crippen LogP contribution in [0.5, 0.6) is 0 Å². The van der Waals surface area contributed by atoms with Crippen molar-refractivity contribution in [3.63, 3.8) is 0 Å². The molecule has 1 fully saturated rings. The van der Waals surface area contributed by atoms with Gasteiger partial charge in [-0.15, -0.1) is 0 Å². The third kappa shape index (κ3) is 4.49. The summed E-state index contributed by atoms with van der Waals surface area (Å²) in [5, 5.41) is 2.44. The van der Waals surface area contributed by atoms with Gasteiger partial charge in [-0.3, -0.25) is 0 Å². The number of rotatable bonds is 6. The van der Waals surface area contributed by atoms with Crippen LogP contribution in [0.2, 0.25) is 0 Å². The smallest absolute Gasteiger partial charge is 0.106 e. The van der Waals surface area contributed by atoms with E-state index in [0.717, 1.165) is 13.2 Å². The second-order valence-electron chi connectivity index (χ2n) is 5.11. The Labute approximate surface area is 104 Å². The summed E-state index contributed by atoms with van der Waals surface area (Å²) in [5.41, 5.74) is 1.45. The Morgan fingerprint density at radius 3 is 2.88 bits per heavy atom. The molecule has 0 radical (unpaired) electrons. The lowest BCUT2D eigenvalue weighted by Gasteiger charge is -2.13. The monoisotopic (exact) mass is 234 g/mol. The molecule has 1 aliphatic heterocycles. The van der Waals surface area contributed by atoms with Gasteiger partial charge in [-0.2, -0.15) is 0 Å². The van der Waals surface area contributed by atoms with Gasteiger partial charge < -0.3 is 10.1 Å². The molecule has 1 aromatic carbocycles. The first kappa shape index (κ1) is 12.6. The molecule has 2 nitrogen and oxygen atoms in total. The number of hydrogen-bond donors (Lipinski definition) is 1. The highest BCUT2D eigenvalue weighted by molar-refractivity contribution is 5.14. The predicted molar refractivity (Wildman–Crippen MR) is 70.0 cm³/mol. The van der Waals surface area contributed by atoms with Crippen LogP contribution < -0.4 is 5.32 Å². The Morgan fingerprint density at radius 1 is 1.35 bits per heavy atom. The maximum Gasteiger partial charge on any atom is 0.106 e. The van der Waals surface area contributed by atoms with Crippen LogP contribution in [-0.2, 0) is 11.2 Å². The van der Waals surface area contributed by atoms with E-state index in [9.17, 15) is 0 Å². The molecule has 2 N–H and O–H groups in total. The van der Waals surface area contributed by atoms with Crippen molar-refractivity contribution in [1.29, 1.82) is 0 Å². The Kier molecular flexibility index (Phi) is 5.02. The van der Waals surface area contributed by atoms with Crippen LogP contribution in [0, 0.1) is 0 Å². The second kappa shape index (κ2) is 6.77.